The van der Waals surface area contributed by atoms with Gasteiger partial charge < -0.3 is 19.3 Å². The third kappa shape index (κ3) is 4.27. The quantitative estimate of drug-likeness (QED) is 0.434. The number of nitriles is 1. The van der Waals surface area contributed by atoms with Crippen molar-refractivity contribution < 1.29 is 18.8 Å². The van der Waals surface area contributed by atoms with Crippen molar-refractivity contribution in [2.24, 2.45) is 0 Å². The highest BCUT2D eigenvalue weighted by atomic mass is 16.6. The number of methoxy groups -OCH3 is 1. The van der Waals surface area contributed by atoms with Crippen LogP contribution in [0.25, 0.3) is 11.4 Å². The number of esters is 1. The molecule has 11 heteroatoms. The molecule has 9 nitrogen and oxygen atoms in total. The van der Waals surface area contributed by atoms with Gasteiger partial charge in [0.05, 0.1) is 30.3 Å². The van der Waals surface area contributed by atoms with Crippen LogP contribution in [0.3, 0.4) is 0 Å². The molecule has 1 aromatic carbocycles. The van der Waals surface area contributed by atoms with Crippen LogP contribution in [0.15, 0.2) is 35.0 Å². The second-order valence-corrected chi connectivity index (χ2v) is 9.26. The molecule has 1 N–H and O–H groups in total. The van der Waals surface area contributed by atoms with E-state index < -0.39 is 11.4 Å². The number of carbonyl (C=O) groups is 1. The fourth-order valence-corrected chi connectivity index (χ4v) is 5.08. The largest absolute Gasteiger partial charge is 0.495 e. The van der Waals surface area contributed by atoms with E-state index in [2.05, 4.69) is 27.3 Å². The molecule has 4 radical (unpaired) electrons. The average Bonchev–Trinajstić information content (AvgIpc) is 3.39. The van der Waals surface area contributed by atoms with Crippen LogP contribution in [0.1, 0.15) is 51.3 Å². The predicted octanol–water partition coefficient (Wildman–Crippen LogP) is 2.08. The Bertz CT molecular complexity index is 1380. The van der Waals surface area contributed by atoms with E-state index >= 15 is 0 Å². The van der Waals surface area contributed by atoms with Crippen LogP contribution in [0.2, 0.25) is 0 Å². The molecule has 4 heterocycles. The minimum absolute atomic E-state index is 0.0163. The number of hydrogen-bond donors (Lipinski definition) is 1. The van der Waals surface area contributed by atoms with Crippen molar-refractivity contribution in [1.82, 2.24) is 20.4 Å². The topological polar surface area (TPSA) is 114 Å². The van der Waals surface area contributed by atoms with Gasteiger partial charge in [-0.2, -0.15) is 5.26 Å². The van der Waals surface area contributed by atoms with E-state index in [1.807, 2.05) is 25.1 Å². The molecule has 0 spiro atoms. The standard InChI is InChI=1S/C25H23B2N5O4/c1-13-10-32(11-16-6-20(31-36-16)19-7-22(34-3)15(8-28)9-29-19)12-21(30-13)17-4-5-18-23(14(17)2)25(26,27)35-24(18)33/h4-7,9,13,21,30H,10-12H2,1-3H3/t13-,21-/m0/s1. The van der Waals surface area contributed by atoms with Crippen LogP contribution in [0.4, 0.5) is 0 Å². The number of nitrogens with zero attached hydrogens (tertiary/aromatic N) is 4. The van der Waals surface area contributed by atoms with Crippen LogP contribution in [0, 0.1) is 18.3 Å². The van der Waals surface area contributed by atoms with E-state index in [9.17, 15) is 10.1 Å². The van der Waals surface area contributed by atoms with Crippen molar-refractivity contribution in [2.75, 3.05) is 20.2 Å². The fourth-order valence-electron chi connectivity index (χ4n) is 5.08. The third-order valence-corrected chi connectivity index (χ3v) is 6.62. The molecule has 0 saturated carbocycles. The molecule has 0 aliphatic carbocycles. The number of aromatic nitrogens is 2. The van der Waals surface area contributed by atoms with Gasteiger partial charge in [-0.3, -0.25) is 9.88 Å². The van der Waals surface area contributed by atoms with Gasteiger partial charge in [-0.25, -0.2) is 4.79 Å². The van der Waals surface area contributed by atoms with Crippen LogP contribution in [0.5, 0.6) is 5.75 Å². The Kier molecular flexibility index (Phi) is 6.10. The van der Waals surface area contributed by atoms with Gasteiger partial charge in [-0.1, -0.05) is 11.2 Å². The zero-order valence-corrected chi connectivity index (χ0v) is 20.2. The number of piperazine rings is 1. The molecule has 1 fully saturated rings. The molecule has 5 rings (SSSR count). The number of ether oxygens (including phenoxy) is 2. The second kappa shape index (κ2) is 9.12. The summed E-state index contributed by atoms with van der Waals surface area (Å²) >= 11 is 0. The fraction of sp³-hybridized carbons (Fsp3) is 0.360. The van der Waals surface area contributed by atoms with Gasteiger partial charge in [-0.05, 0) is 36.6 Å². The van der Waals surface area contributed by atoms with E-state index in [-0.39, 0.29) is 12.1 Å². The van der Waals surface area contributed by atoms with E-state index in [4.69, 9.17) is 29.7 Å². The highest BCUT2D eigenvalue weighted by Gasteiger charge is 2.39. The van der Waals surface area contributed by atoms with Gasteiger partial charge >= 0.3 is 5.97 Å². The second-order valence-electron chi connectivity index (χ2n) is 9.26. The van der Waals surface area contributed by atoms with Gasteiger partial charge in [-0.15, -0.1) is 0 Å². The Labute approximate surface area is 211 Å². The molecule has 0 unspecified atom stereocenters. The summed E-state index contributed by atoms with van der Waals surface area (Å²) in [5, 5.41) is 15.3. The normalized spacial score (nSPS) is 21.0. The van der Waals surface area contributed by atoms with Gasteiger partial charge in [0, 0.05) is 43.5 Å². The van der Waals surface area contributed by atoms with Crippen LogP contribution in [-0.4, -0.2) is 62.9 Å². The first kappa shape index (κ1) is 24.1. The predicted molar refractivity (Wildman–Crippen MR) is 131 cm³/mol. The summed E-state index contributed by atoms with van der Waals surface area (Å²) in [5.74, 6) is 0.615. The number of nitrogens with one attached hydrogen (secondary N) is 1. The molecule has 2 aromatic heterocycles. The van der Waals surface area contributed by atoms with Crippen molar-refractivity contribution in [3.05, 3.63) is 64.0 Å². The third-order valence-electron chi connectivity index (χ3n) is 6.62. The molecular weight excluding hydrogens is 456 g/mol. The van der Waals surface area contributed by atoms with E-state index in [1.54, 1.807) is 12.1 Å². The van der Waals surface area contributed by atoms with Crippen LogP contribution in [-0.2, 0) is 16.7 Å². The Balaban J connectivity index is 1.35. The summed E-state index contributed by atoms with van der Waals surface area (Å²) < 4.78 is 16.0. The van der Waals surface area contributed by atoms with Crippen molar-refractivity contribution in [1.29, 1.82) is 5.26 Å². The monoisotopic (exact) mass is 479 g/mol. The highest BCUT2D eigenvalue weighted by Crippen LogP contribution is 2.38. The van der Waals surface area contributed by atoms with Gasteiger partial charge in [0.15, 0.2) is 5.76 Å². The first-order chi connectivity index (χ1) is 17.2. The maximum Gasteiger partial charge on any atom is 0.337 e. The Morgan fingerprint density at radius 2 is 2.11 bits per heavy atom. The summed E-state index contributed by atoms with van der Waals surface area (Å²) in [6, 6.07) is 9.40. The molecule has 0 amide bonds. The average molecular weight is 479 g/mol. The van der Waals surface area contributed by atoms with Crippen molar-refractivity contribution in [2.45, 2.75) is 37.9 Å². The van der Waals surface area contributed by atoms with E-state index in [0.717, 1.165) is 17.7 Å². The maximum atomic E-state index is 12.2. The lowest BCUT2D eigenvalue weighted by molar-refractivity contribution is 0.0444. The number of cyclic esters (lactones) is 1. The lowest BCUT2D eigenvalue weighted by Crippen LogP contribution is -2.50. The summed E-state index contributed by atoms with van der Waals surface area (Å²) in [7, 11) is 13.7. The number of pyridine rings is 1. The maximum absolute atomic E-state index is 12.2. The number of fused-ring (bicyclic) bond motifs is 1. The minimum Gasteiger partial charge on any atom is -0.495 e. The molecule has 2 aliphatic rings. The summed E-state index contributed by atoms with van der Waals surface area (Å²) in [4.78, 5) is 18.7. The van der Waals surface area contributed by atoms with Crippen molar-refractivity contribution in [3.8, 4) is 23.2 Å². The Morgan fingerprint density at radius 1 is 1.31 bits per heavy atom. The molecule has 1 saturated heterocycles. The van der Waals surface area contributed by atoms with Gasteiger partial charge in [0.25, 0.3) is 0 Å². The van der Waals surface area contributed by atoms with E-state index in [1.165, 1.54) is 13.3 Å². The molecule has 36 heavy (non-hydrogen) atoms. The smallest absolute Gasteiger partial charge is 0.337 e. The summed E-state index contributed by atoms with van der Waals surface area (Å²) in [6.45, 7) is 6.08. The lowest BCUT2D eigenvalue weighted by Gasteiger charge is -2.38. The van der Waals surface area contributed by atoms with Crippen LogP contribution < -0.4 is 10.1 Å². The van der Waals surface area contributed by atoms with E-state index in [0.29, 0.717) is 52.7 Å². The highest BCUT2D eigenvalue weighted by molar-refractivity contribution is 6.41. The zero-order valence-electron chi connectivity index (χ0n) is 20.2. The molecular formula is C25H23B2N5O4. The number of hydrogen-bond acceptors (Lipinski definition) is 9. The molecule has 0 bridgehead atoms. The Morgan fingerprint density at radius 3 is 2.86 bits per heavy atom. The lowest BCUT2D eigenvalue weighted by atomic mass is 9.60. The number of benzene rings is 1. The van der Waals surface area contributed by atoms with Crippen LogP contribution >= 0.6 is 0 Å². The SMILES string of the molecule is [B]C1([B])OC(=O)c2ccc([C@@H]3CN(Cc4cc(-c5cc(OC)c(C#N)cn5)no4)C[C@H](C)N3)c(C)c21. The Hall–Kier alpha value is -3.61. The van der Waals surface area contributed by atoms with Crippen molar-refractivity contribution in [3.63, 3.8) is 0 Å². The van der Waals surface area contributed by atoms with Gasteiger partial charge in [0.1, 0.15) is 38.8 Å². The number of rotatable bonds is 5. The molecule has 178 valence electrons. The summed E-state index contributed by atoms with van der Waals surface area (Å²) in [5.41, 5.74) is 4.27. The van der Waals surface area contributed by atoms with Crippen molar-refractivity contribution >= 4 is 21.7 Å². The molecule has 3 aromatic rings. The minimum atomic E-state index is -1.63. The molecule has 2 atom stereocenters. The zero-order chi connectivity index (χ0) is 25.6. The first-order valence-electron chi connectivity index (χ1n) is 11.5. The summed E-state index contributed by atoms with van der Waals surface area (Å²) in [6.07, 6.45) is 1.46. The first-order valence-corrected chi connectivity index (χ1v) is 11.5. The molecule has 2 aliphatic heterocycles. The number of carbonyl (C=O) groups excluding carboxylic acids is 1. The van der Waals surface area contributed by atoms with Gasteiger partial charge in [0.2, 0.25) is 0 Å².